The van der Waals surface area contributed by atoms with Gasteiger partial charge in [0, 0.05) is 46.4 Å². The number of imide groups is 1. The Kier molecular flexibility index (Phi) is 5.29. The Morgan fingerprint density at radius 2 is 1.61 bits per heavy atom. The van der Waals surface area contributed by atoms with Crippen molar-refractivity contribution in [1.82, 2.24) is 9.88 Å². The van der Waals surface area contributed by atoms with Crippen LogP contribution in [0.15, 0.2) is 79.4 Å². The molecular formula is C27H20N3O3+. The van der Waals surface area contributed by atoms with Crippen LogP contribution in [0.3, 0.4) is 0 Å². The average molecular weight is 434 g/mol. The monoisotopic (exact) mass is 434 g/mol. The van der Waals surface area contributed by atoms with Gasteiger partial charge in [0.25, 0.3) is 11.8 Å². The second-order valence-electron chi connectivity index (χ2n) is 7.65. The second-order valence-corrected chi connectivity index (χ2v) is 7.65. The Balaban J connectivity index is 1.35. The molecular weight excluding hydrogens is 414 g/mol. The lowest BCUT2D eigenvalue weighted by atomic mass is 9.93. The molecule has 33 heavy (non-hydrogen) atoms. The van der Waals surface area contributed by atoms with Crippen LogP contribution in [0.4, 0.5) is 0 Å². The minimum absolute atomic E-state index is 0.0527. The van der Waals surface area contributed by atoms with Gasteiger partial charge in [-0.2, -0.15) is 0 Å². The minimum Gasteiger partial charge on any atom is -0.486 e. The SMILES string of the molecule is C#CCN1C(=O)c2cccc3c(OCC[n+]4ccc(-c5ccncc5)cc4)ccc(c23)C1=O. The van der Waals surface area contributed by atoms with E-state index in [1.807, 2.05) is 35.2 Å². The third kappa shape index (κ3) is 3.70. The lowest BCUT2D eigenvalue weighted by Gasteiger charge is -2.26. The van der Waals surface area contributed by atoms with E-state index >= 15 is 0 Å². The van der Waals surface area contributed by atoms with Gasteiger partial charge in [0.05, 0.1) is 6.54 Å². The van der Waals surface area contributed by atoms with Crippen LogP contribution in [-0.2, 0) is 6.54 Å². The molecule has 0 atom stereocenters. The standard InChI is InChI=1S/C27H20N3O3/c1-2-14-30-26(31)22-5-3-4-21-24(7-6-23(25(21)22)27(30)32)33-18-17-29-15-10-20(11-16-29)19-8-12-28-13-9-19/h1,3-13,15-16H,14,17-18H2/q+1. The number of pyridine rings is 2. The average Bonchev–Trinajstić information content (AvgIpc) is 2.86. The molecule has 0 N–H and O–H groups in total. The van der Waals surface area contributed by atoms with E-state index in [4.69, 9.17) is 11.2 Å². The fourth-order valence-corrected chi connectivity index (χ4v) is 4.08. The van der Waals surface area contributed by atoms with E-state index in [1.54, 1.807) is 36.7 Å². The number of nitrogens with zero attached hydrogens (tertiary/aromatic N) is 3. The number of hydrogen-bond donors (Lipinski definition) is 0. The smallest absolute Gasteiger partial charge is 0.262 e. The van der Waals surface area contributed by atoms with Gasteiger partial charge in [-0.25, -0.2) is 4.57 Å². The lowest BCUT2D eigenvalue weighted by Crippen LogP contribution is -2.40. The topological polar surface area (TPSA) is 63.4 Å². The normalized spacial score (nSPS) is 12.6. The van der Waals surface area contributed by atoms with E-state index in [9.17, 15) is 9.59 Å². The van der Waals surface area contributed by atoms with Gasteiger partial charge in [0.1, 0.15) is 12.4 Å². The van der Waals surface area contributed by atoms with E-state index in [0.717, 1.165) is 21.4 Å². The number of hydrogen-bond acceptors (Lipinski definition) is 4. The molecule has 6 nitrogen and oxygen atoms in total. The molecule has 0 unspecified atom stereocenters. The molecule has 1 aliphatic rings. The summed E-state index contributed by atoms with van der Waals surface area (Å²) in [6.45, 7) is 1.03. The van der Waals surface area contributed by atoms with Gasteiger partial charge >= 0.3 is 0 Å². The summed E-state index contributed by atoms with van der Waals surface area (Å²) in [6, 6.07) is 16.9. The van der Waals surface area contributed by atoms with Crippen LogP contribution >= 0.6 is 0 Å². The third-order valence-electron chi connectivity index (χ3n) is 5.71. The van der Waals surface area contributed by atoms with Crippen LogP contribution in [0.25, 0.3) is 21.9 Å². The number of rotatable bonds is 6. The van der Waals surface area contributed by atoms with Crippen molar-refractivity contribution in [3.63, 3.8) is 0 Å². The largest absolute Gasteiger partial charge is 0.486 e. The van der Waals surface area contributed by atoms with Crippen molar-refractivity contribution in [2.24, 2.45) is 0 Å². The van der Waals surface area contributed by atoms with E-state index in [0.29, 0.717) is 35.4 Å². The van der Waals surface area contributed by atoms with Gasteiger partial charge < -0.3 is 4.74 Å². The molecule has 2 aromatic carbocycles. The minimum atomic E-state index is -0.377. The zero-order chi connectivity index (χ0) is 22.8. The molecule has 160 valence electrons. The highest BCUT2D eigenvalue weighted by Gasteiger charge is 2.32. The molecule has 5 rings (SSSR count). The van der Waals surface area contributed by atoms with Crippen molar-refractivity contribution < 1.29 is 18.9 Å². The number of aromatic nitrogens is 2. The Hall–Kier alpha value is -4.50. The molecule has 0 radical (unpaired) electrons. The highest BCUT2D eigenvalue weighted by Crippen LogP contribution is 2.35. The first-order valence-electron chi connectivity index (χ1n) is 10.5. The van der Waals surface area contributed by atoms with Crippen LogP contribution in [-0.4, -0.2) is 34.8 Å². The maximum absolute atomic E-state index is 12.8. The van der Waals surface area contributed by atoms with Crippen LogP contribution in [0, 0.1) is 12.3 Å². The summed E-state index contributed by atoms with van der Waals surface area (Å²) >= 11 is 0. The second kappa shape index (κ2) is 8.56. The van der Waals surface area contributed by atoms with Crippen LogP contribution in [0.1, 0.15) is 20.7 Å². The molecule has 0 saturated heterocycles. The zero-order valence-electron chi connectivity index (χ0n) is 17.8. The first-order valence-corrected chi connectivity index (χ1v) is 10.5. The molecule has 3 heterocycles. The van der Waals surface area contributed by atoms with Gasteiger partial charge in [-0.3, -0.25) is 19.5 Å². The van der Waals surface area contributed by atoms with Crippen molar-refractivity contribution in [3.05, 3.63) is 90.5 Å². The number of carbonyl (C=O) groups is 2. The Labute approximate surface area is 191 Å². The van der Waals surface area contributed by atoms with E-state index < -0.39 is 0 Å². The number of benzene rings is 2. The molecule has 0 spiro atoms. The quantitative estimate of drug-likeness (QED) is 0.265. The highest BCUT2D eigenvalue weighted by molar-refractivity contribution is 6.26. The third-order valence-corrected chi connectivity index (χ3v) is 5.71. The van der Waals surface area contributed by atoms with E-state index in [2.05, 4.69) is 23.0 Å². The molecule has 0 bridgehead atoms. The van der Waals surface area contributed by atoms with Gasteiger partial charge in [0.2, 0.25) is 0 Å². The Morgan fingerprint density at radius 1 is 0.909 bits per heavy atom. The highest BCUT2D eigenvalue weighted by atomic mass is 16.5. The fraction of sp³-hybridized carbons (Fsp3) is 0.111. The van der Waals surface area contributed by atoms with E-state index in [-0.39, 0.29) is 18.4 Å². The van der Waals surface area contributed by atoms with Crippen molar-refractivity contribution >= 4 is 22.6 Å². The maximum Gasteiger partial charge on any atom is 0.262 e. The summed E-state index contributed by atoms with van der Waals surface area (Å²) in [6.07, 6.45) is 12.9. The van der Waals surface area contributed by atoms with Crippen LogP contribution < -0.4 is 9.30 Å². The predicted octanol–water partition coefficient (Wildman–Crippen LogP) is 3.50. The molecule has 0 fully saturated rings. The zero-order valence-corrected chi connectivity index (χ0v) is 17.8. The summed E-state index contributed by atoms with van der Waals surface area (Å²) in [5.74, 6) is 2.26. The summed E-state index contributed by atoms with van der Waals surface area (Å²) in [5.41, 5.74) is 3.15. The number of terminal acetylenes is 1. The van der Waals surface area contributed by atoms with E-state index in [1.165, 1.54) is 0 Å². The number of carbonyl (C=O) groups excluding carboxylic acids is 2. The van der Waals surface area contributed by atoms with Gasteiger partial charge in [0.15, 0.2) is 18.9 Å². The molecule has 0 aliphatic carbocycles. The molecule has 4 aromatic rings. The first-order chi connectivity index (χ1) is 16.2. The molecule has 0 saturated carbocycles. The lowest BCUT2D eigenvalue weighted by molar-refractivity contribution is -0.697. The number of ether oxygens (including phenoxy) is 1. The van der Waals surface area contributed by atoms with Crippen molar-refractivity contribution in [2.45, 2.75) is 6.54 Å². The summed E-state index contributed by atoms with van der Waals surface area (Å²) in [4.78, 5) is 30.8. The molecule has 1 aliphatic heterocycles. The van der Waals surface area contributed by atoms with Crippen LogP contribution in [0.5, 0.6) is 5.75 Å². The molecule has 2 amide bonds. The Morgan fingerprint density at radius 3 is 2.33 bits per heavy atom. The first kappa shape index (κ1) is 20.4. The fourth-order valence-electron chi connectivity index (χ4n) is 4.08. The molecule has 2 aromatic heterocycles. The van der Waals surface area contributed by atoms with Gasteiger partial charge in [-0.1, -0.05) is 18.1 Å². The molecule has 6 heteroatoms. The van der Waals surface area contributed by atoms with Gasteiger partial charge in [-0.05, 0) is 41.5 Å². The summed E-state index contributed by atoms with van der Waals surface area (Å²) in [5, 5.41) is 1.36. The Bertz CT molecular complexity index is 1380. The van der Waals surface area contributed by atoms with Crippen molar-refractivity contribution in [2.75, 3.05) is 13.2 Å². The maximum atomic E-state index is 12.8. The van der Waals surface area contributed by atoms with Crippen molar-refractivity contribution in [3.8, 4) is 29.2 Å². The summed E-state index contributed by atoms with van der Waals surface area (Å²) < 4.78 is 8.11. The summed E-state index contributed by atoms with van der Waals surface area (Å²) in [7, 11) is 0. The number of amides is 2. The van der Waals surface area contributed by atoms with Crippen molar-refractivity contribution in [1.29, 1.82) is 0 Å². The predicted molar refractivity (Wildman–Crippen MR) is 124 cm³/mol. The van der Waals surface area contributed by atoms with Crippen LogP contribution in [0.2, 0.25) is 0 Å². The van der Waals surface area contributed by atoms with Gasteiger partial charge in [-0.15, -0.1) is 6.42 Å².